The second-order valence-corrected chi connectivity index (χ2v) is 15.5. The summed E-state index contributed by atoms with van der Waals surface area (Å²) in [6.07, 6.45) is 8.31. The molecule has 2 aliphatic rings. The summed E-state index contributed by atoms with van der Waals surface area (Å²) < 4.78 is 0. The first-order valence-corrected chi connectivity index (χ1v) is 20.4. The molecule has 55 heavy (non-hydrogen) atoms. The van der Waals surface area contributed by atoms with Gasteiger partial charge in [-0.3, -0.25) is 0 Å². The van der Waals surface area contributed by atoms with Crippen LogP contribution in [0.25, 0.3) is 11.1 Å². The van der Waals surface area contributed by atoms with Gasteiger partial charge >= 0.3 is 0 Å². The second kappa shape index (κ2) is 14.8. The van der Waals surface area contributed by atoms with Crippen LogP contribution in [0.2, 0.25) is 0 Å². The van der Waals surface area contributed by atoms with Crippen molar-refractivity contribution in [2.45, 2.75) is 69.6 Å². The number of nitrogens with zero attached hydrogens (tertiary/aromatic N) is 2. The van der Waals surface area contributed by atoms with Crippen molar-refractivity contribution in [2.24, 2.45) is 0 Å². The molecule has 7 aromatic carbocycles. The minimum absolute atomic E-state index is 0.0157. The van der Waals surface area contributed by atoms with Gasteiger partial charge in [-0.2, -0.15) is 0 Å². The van der Waals surface area contributed by atoms with E-state index in [0.717, 1.165) is 37.1 Å². The number of para-hydroxylation sites is 3. The molecular formula is C53H50N2. The van der Waals surface area contributed by atoms with Gasteiger partial charge in [-0.05, 0) is 132 Å². The van der Waals surface area contributed by atoms with Crippen LogP contribution >= 0.6 is 0 Å². The van der Waals surface area contributed by atoms with Crippen LogP contribution in [0, 0.1) is 0 Å². The van der Waals surface area contributed by atoms with Crippen LogP contribution in [0.5, 0.6) is 0 Å². The lowest BCUT2D eigenvalue weighted by molar-refractivity contribution is 0.346. The highest BCUT2D eigenvalue weighted by atomic mass is 15.1. The van der Waals surface area contributed by atoms with E-state index in [9.17, 15) is 0 Å². The van der Waals surface area contributed by atoms with Crippen LogP contribution in [0.3, 0.4) is 0 Å². The molecule has 0 radical (unpaired) electrons. The van der Waals surface area contributed by atoms with Gasteiger partial charge in [-0.25, -0.2) is 0 Å². The van der Waals surface area contributed by atoms with E-state index in [1.165, 1.54) is 75.4 Å². The van der Waals surface area contributed by atoms with Crippen LogP contribution in [0.1, 0.15) is 81.0 Å². The van der Waals surface area contributed by atoms with Crippen molar-refractivity contribution in [3.8, 4) is 11.1 Å². The molecule has 0 bridgehead atoms. The quantitative estimate of drug-likeness (QED) is 0.139. The highest BCUT2D eigenvalue weighted by Gasteiger charge is 2.41. The van der Waals surface area contributed by atoms with Crippen LogP contribution in [-0.4, -0.2) is 0 Å². The molecule has 2 heteroatoms. The Morgan fingerprint density at radius 1 is 0.382 bits per heavy atom. The number of rotatable bonds is 10. The van der Waals surface area contributed by atoms with E-state index in [0.29, 0.717) is 0 Å². The predicted octanol–water partition coefficient (Wildman–Crippen LogP) is 15.0. The van der Waals surface area contributed by atoms with Gasteiger partial charge in [0.15, 0.2) is 0 Å². The normalized spacial score (nSPS) is 15.2. The van der Waals surface area contributed by atoms with Crippen LogP contribution in [0.15, 0.2) is 182 Å². The minimum atomic E-state index is -0.0157. The summed E-state index contributed by atoms with van der Waals surface area (Å²) in [4.78, 5) is 4.79. The molecule has 0 N–H and O–H groups in total. The van der Waals surface area contributed by atoms with Crippen molar-refractivity contribution in [1.82, 2.24) is 0 Å². The number of hydrogen-bond acceptors (Lipinski definition) is 2. The Bertz CT molecular complexity index is 2310. The fraction of sp³-hybridized carbons (Fsp3) is 0.208. The molecule has 0 amide bonds. The van der Waals surface area contributed by atoms with Gasteiger partial charge in [0.1, 0.15) is 0 Å². The molecule has 0 aliphatic heterocycles. The van der Waals surface area contributed by atoms with Crippen LogP contribution in [0.4, 0.5) is 34.1 Å². The molecule has 1 fully saturated rings. The SMILES string of the molecule is CCC1(CC)c2ccccc2-c2cc(N(c3ccccc3)c3ccc(C4(c5ccc(N(c6ccccc6)c6ccccc6)cc5)CCCCC4)cc3)ccc21. The molecule has 7 aromatic rings. The highest BCUT2D eigenvalue weighted by Crippen LogP contribution is 2.54. The summed E-state index contributed by atoms with van der Waals surface area (Å²) in [5.41, 5.74) is 15.6. The number of fused-ring (bicyclic) bond motifs is 3. The fourth-order valence-corrected chi connectivity index (χ4v) is 9.99. The van der Waals surface area contributed by atoms with Crippen LogP contribution in [-0.2, 0) is 10.8 Å². The maximum atomic E-state index is 2.44. The molecule has 0 heterocycles. The van der Waals surface area contributed by atoms with Gasteiger partial charge in [0, 0.05) is 45.0 Å². The zero-order valence-electron chi connectivity index (χ0n) is 32.2. The second-order valence-electron chi connectivity index (χ2n) is 15.5. The summed E-state index contributed by atoms with van der Waals surface area (Å²) in [5.74, 6) is 0. The van der Waals surface area contributed by atoms with E-state index < -0.39 is 0 Å². The molecule has 0 saturated heterocycles. The third-order valence-corrected chi connectivity index (χ3v) is 12.8. The van der Waals surface area contributed by atoms with Gasteiger partial charge in [-0.1, -0.05) is 142 Å². The van der Waals surface area contributed by atoms with E-state index in [2.05, 4.69) is 206 Å². The molecule has 0 atom stereocenters. The Hall–Kier alpha value is -5.86. The summed E-state index contributed by atoms with van der Waals surface area (Å²) >= 11 is 0. The molecule has 1 saturated carbocycles. The Morgan fingerprint density at radius 2 is 0.782 bits per heavy atom. The van der Waals surface area contributed by atoms with Crippen molar-refractivity contribution in [3.63, 3.8) is 0 Å². The van der Waals surface area contributed by atoms with Gasteiger partial charge in [0.2, 0.25) is 0 Å². The van der Waals surface area contributed by atoms with Gasteiger partial charge in [0.05, 0.1) is 0 Å². The molecule has 0 unspecified atom stereocenters. The van der Waals surface area contributed by atoms with Crippen molar-refractivity contribution in [3.05, 3.63) is 204 Å². The molecule has 2 nitrogen and oxygen atoms in total. The van der Waals surface area contributed by atoms with Gasteiger partial charge < -0.3 is 9.80 Å². The largest absolute Gasteiger partial charge is 0.311 e. The third kappa shape index (κ3) is 6.05. The average molecular weight is 715 g/mol. The third-order valence-electron chi connectivity index (χ3n) is 12.8. The number of benzene rings is 7. The van der Waals surface area contributed by atoms with Crippen molar-refractivity contribution in [2.75, 3.05) is 9.80 Å². The first-order valence-electron chi connectivity index (χ1n) is 20.4. The predicted molar refractivity (Wildman–Crippen MR) is 233 cm³/mol. The lowest BCUT2D eigenvalue weighted by atomic mass is 9.65. The Balaban J connectivity index is 1.09. The standard InChI is InChI=1S/C53H50N2/c1-3-52(4-2)50-26-16-15-25-48(50)49-39-47(35-36-51(49)52)55(44-23-13-7-14-24-44)46-33-29-41(30-34-46)53(37-17-8-18-38-53)40-27-31-45(32-28-40)54(42-19-9-5-10-20-42)43-21-11-6-12-22-43/h5-7,9-16,19-36,39H,3-4,8,17-18,37-38H2,1-2H3. The van der Waals surface area contributed by atoms with E-state index in [4.69, 9.17) is 0 Å². The van der Waals surface area contributed by atoms with Crippen LogP contribution < -0.4 is 9.80 Å². The summed E-state index contributed by atoms with van der Waals surface area (Å²) in [6.45, 7) is 4.69. The topological polar surface area (TPSA) is 6.48 Å². The average Bonchev–Trinajstić information content (AvgIpc) is 3.55. The van der Waals surface area contributed by atoms with Crippen molar-refractivity contribution < 1.29 is 0 Å². The number of hydrogen-bond donors (Lipinski definition) is 0. The zero-order valence-corrected chi connectivity index (χ0v) is 32.2. The highest BCUT2D eigenvalue weighted by molar-refractivity contribution is 5.87. The Kier molecular flexibility index (Phi) is 9.36. The maximum absolute atomic E-state index is 2.44. The Morgan fingerprint density at radius 3 is 1.27 bits per heavy atom. The first-order chi connectivity index (χ1) is 27.1. The molecular weight excluding hydrogens is 665 g/mol. The fourth-order valence-electron chi connectivity index (χ4n) is 9.99. The monoisotopic (exact) mass is 714 g/mol. The summed E-state index contributed by atoms with van der Waals surface area (Å²) in [7, 11) is 0. The summed E-state index contributed by atoms with van der Waals surface area (Å²) in [5, 5.41) is 0. The molecule has 0 spiro atoms. The molecule has 272 valence electrons. The lowest BCUT2D eigenvalue weighted by Gasteiger charge is -2.39. The van der Waals surface area contributed by atoms with E-state index in [1.54, 1.807) is 0 Å². The molecule has 2 aliphatic carbocycles. The summed E-state index contributed by atoms with van der Waals surface area (Å²) in [6, 6.07) is 67.6. The Labute approximate surface area is 327 Å². The van der Waals surface area contributed by atoms with E-state index in [-0.39, 0.29) is 10.8 Å². The maximum Gasteiger partial charge on any atom is 0.0468 e. The van der Waals surface area contributed by atoms with Gasteiger partial charge in [-0.15, -0.1) is 0 Å². The van der Waals surface area contributed by atoms with Crippen molar-refractivity contribution in [1.29, 1.82) is 0 Å². The number of anilines is 6. The molecule has 9 rings (SSSR count). The first kappa shape index (κ1) is 34.9. The molecule has 0 aromatic heterocycles. The smallest absolute Gasteiger partial charge is 0.0468 e. The zero-order chi connectivity index (χ0) is 37.2. The van der Waals surface area contributed by atoms with Gasteiger partial charge in [0.25, 0.3) is 0 Å². The lowest BCUT2D eigenvalue weighted by Crippen LogP contribution is -2.30. The minimum Gasteiger partial charge on any atom is -0.311 e. The van der Waals surface area contributed by atoms with E-state index >= 15 is 0 Å². The van der Waals surface area contributed by atoms with Crippen molar-refractivity contribution >= 4 is 34.1 Å². The van der Waals surface area contributed by atoms with E-state index in [1.807, 2.05) is 0 Å².